The Kier molecular flexibility index (Phi) is 7.95. The van der Waals surface area contributed by atoms with Gasteiger partial charge in [-0.05, 0) is 76.1 Å². The molecular weight excluding hydrogens is 552 g/mol. The summed E-state index contributed by atoms with van der Waals surface area (Å²) in [7, 11) is 0. The molecule has 6 nitrogen and oxygen atoms in total. The lowest BCUT2D eigenvalue weighted by Crippen LogP contribution is -2.36. The molecule has 3 amide bonds. The van der Waals surface area contributed by atoms with Gasteiger partial charge in [-0.25, -0.2) is 0 Å². The van der Waals surface area contributed by atoms with Crippen molar-refractivity contribution in [3.8, 4) is 5.75 Å². The largest absolute Gasteiger partial charge is 0.488 e. The Bertz CT molecular complexity index is 1340. The van der Waals surface area contributed by atoms with Crippen LogP contribution in [0, 0.1) is 6.92 Å². The number of rotatable bonds is 7. The highest BCUT2D eigenvalue weighted by atomic mass is 79.9. The SMILES string of the molecule is Cc1ccccc1NC(=O)CN1C(=O)S/C(=C/c2ccc(OCc3ccccc3Cl)c(Br)c2)C1=O. The summed E-state index contributed by atoms with van der Waals surface area (Å²) in [6.45, 7) is 1.82. The van der Waals surface area contributed by atoms with E-state index in [2.05, 4.69) is 21.2 Å². The van der Waals surface area contributed by atoms with Crippen LogP contribution in [0.15, 0.2) is 76.1 Å². The average Bonchev–Trinajstić information content (AvgIpc) is 3.08. The van der Waals surface area contributed by atoms with Crippen molar-refractivity contribution in [3.63, 3.8) is 0 Å². The number of benzene rings is 3. The number of aryl methyl sites for hydroxylation is 1. The minimum atomic E-state index is -0.505. The molecule has 0 aromatic heterocycles. The lowest BCUT2D eigenvalue weighted by Gasteiger charge is -2.13. The van der Waals surface area contributed by atoms with Crippen molar-refractivity contribution in [1.29, 1.82) is 0 Å². The van der Waals surface area contributed by atoms with Crippen LogP contribution >= 0.6 is 39.3 Å². The van der Waals surface area contributed by atoms with Gasteiger partial charge in [0.1, 0.15) is 18.9 Å². The number of nitrogens with zero attached hydrogens (tertiary/aromatic N) is 1. The van der Waals surface area contributed by atoms with E-state index in [-0.39, 0.29) is 11.4 Å². The standard InChI is InChI=1S/C26H20BrClN2O4S/c1-16-6-2-5-9-21(16)29-24(31)14-30-25(32)23(35-26(30)33)13-17-10-11-22(19(27)12-17)34-15-18-7-3-4-8-20(18)28/h2-13H,14-15H2,1H3,(H,29,31)/b23-13+. The second-order valence-electron chi connectivity index (χ2n) is 7.70. The van der Waals surface area contributed by atoms with Crippen molar-refractivity contribution in [2.45, 2.75) is 13.5 Å². The molecule has 1 heterocycles. The quantitative estimate of drug-likeness (QED) is 0.321. The third-order valence-corrected chi connectivity index (χ3v) is 7.09. The molecule has 0 radical (unpaired) electrons. The van der Waals surface area contributed by atoms with E-state index in [1.165, 1.54) is 0 Å². The van der Waals surface area contributed by atoms with Crippen molar-refractivity contribution < 1.29 is 19.1 Å². The number of hydrogen-bond donors (Lipinski definition) is 1. The first kappa shape index (κ1) is 25.0. The zero-order chi connectivity index (χ0) is 24.9. The molecule has 1 fully saturated rings. The summed E-state index contributed by atoms with van der Waals surface area (Å²) in [5.74, 6) is -0.330. The van der Waals surface area contributed by atoms with Crippen LogP contribution in [-0.2, 0) is 16.2 Å². The van der Waals surface area contributed by atoms with Gasteiger partial charge in [0.2, 0.25) is 5.91 Å². The molecule has 0 bridgehead atoms. The second kappa shape index (κ2) is 11.1. The zero-order valence-electron chi connectivity index (χ0n) is 18.6. The predicted molar refractivity (Wildman–Crippen MR) is 142 cm³/mol. The monoisotopic (exact) mass is 570 g/mol. The average molecular weight is 572 g/mol. The van der Waals surface area contributed by atoms with E-state index in [9.17, 15) is 14.4 Å². The van der Waals surface area contributed by atoms with Crippen molar-refractivity contribution in [2.24, 2.45) is 0 Å². The number of nitrogens with one attached hydrogen (secondary N) is 1. The zero-order valence-corrected chi connectivity index (χ0v) is 21.7. The maximum Gasteiger partial charge on any atom is 0.294 e. The maximum absolute atomic E-state index is 12.8. The van der Waals surface area contributed by atoms with Crippen molar-refractivity contribution in [3.05, 3.63) is 97.8 Å². The topological polar surface area (TPSA) is 75.7 Å². The fourth-order valence-corrected chi connectivity index (χ4v) is 4.87. The minimum Gasteiger partial charge on any atom is -0.488 e. The number of anilines is 1. The van der Waals surface area contributed by atoms with Gasteiger partial charge in [0, 0.05) is 16.3 Å². The van der Waals surface area contributed by atoms with E-state index >= 15 is 0 Å². The molecule has 1 aliphatic heterocycles. The number of halogens is 2. The van der Waals surface area contributed by atoms with E-state index < -0.39 is 17.1 Å². The molecule has 3 aromatic carbocycles. The number of thioether (sulfide) groups is 1. The summed E-state index contributed by atoms with van der Waals surface area (Å²) in [5, 5.41) is 2.88. The molecule has 0 aliphatic carbocycles. The Labute approximate surface area is 220 Å². The summed E-state index contributed by atoms with van der Waals surface area (Å²) in [6, 6.07) is 20.1. The van der Waals surface area contributed by atoms with Gasteiger partial charge in [-0.15, -0.1) is 0 Å². The highest BCUT2D eigenvalue weighted by molar-refractivity contribution is 9.10. The van der Waals surface area contributed by atoms with Gasteiger partial charge in [0.15, 0.2) is 0 Å². The number of amides is 3. The molecular formula is C26H20BrClN2O4S. The first-order valence-electron chi connectivity index (χ1n) is 10.6. The Balaban J connectivity index is 1.41. The van der Waals surface area contributed by atoms with Crippen LogP contribution in [0.5, 0.6) is 5.75 Å². The summed E-state index contributed by atoms with van der Waals surface area (Å²) in [5.41, 5.74) is 3.10. The maximum atomic E-state index is 12.8. The van der Waals surface area contributed by atoms with E-state index in [1.807, 2.05) is 37.3 Å². The van der Waals surface area contributed by atoms with Crippen molar-refractivity contribution in [1.82, 2.24) is 4.90 Å². The third kappa shape index (κ3) is 6.14. The smallest absolute Gasteiger partial charge is 0.294 e. The summed E-state index contributed by atoms with van der Waals surface area (Å²) in [4.78, 5) is 38.8. The molecule has 1 N–H and O–H groups in total. The molecule has 0 unspecified atom stereocenters. The fourth-order valence-electron chi connectivity index (χ4n) is 3.33. The van der Waals surface area contributed by atoms with Gasteiger partial charge in [-0.3, -0.25) is 19.3 Å². The predicted octanol–water partition coefficient (Wildman–Crippen LogP) is 6.66. The lowest BCUT2D eigenvalue weighted by molar-refractivity contribution is -0.127. The Morgan fingerprint density at radius 2 is 1.86 bits per heavy atom. The fraction of sp³-hybridized carbons (Fsp3) is 0.115. The number of carbonyl (C=O) groups excluding carboxylic acids is 3. The lowest BCUT2D eigenvalue weighted by atomic mass is 10.2. The molecule has 4 rings (SSSR count). The van der Waals surface area contributed by atoms with Crippen LogP contribution in [-0.4, -0.2) is 28.5 Å². The third-order valence-electron chi connectivity index (χ3n) is 5.19. The van der Waals surface area contributed by atoms with Crippen LogP contribution in [0.25, 0.3) is 6.08 Å². The van der Waals surface area contributed by atoms with Gasteiger partial charge in [-0.2, -0.15) is 0 Å². The van der Waals surface area contributed by atoms with E-state index in [0.717, 1.165) is 27.8 Å². The van der Waals surface area contributed by atoms with Gasteiger partial charge in [0.25, 0.3) is 11.1 Å². The van der Waals surface area contributed by atoms with Crippen LogP contribution in [0.3, 0.4) is 0 Å². The number of para-hydroxylation sites is 1. The highest BCUT2D eigenvalue weighted by Gasteiger charge is 2.36. The molecule has 9 heteroatoms. The second-order valence-corrected chi connectivity index (χ2v) is 9.96. The normalized spacial score (nSPS) is 14.5. The number of carbonyl (C=O) groups is 3. The Hall–Kier alpha value is -3.07. The Morgan fingerprint density at radius 3 is 2.60 bits per heavy atom. The van der Waals surface area contributed by atoms with Crippen LogP contribution in [0.4, 0.5) is 10.5 Å². The van der Waals surface area contributed by atoms with Crippen LogP contribution in [0.2, 0.25) is 5.02 Å². The summed E-state index contributed by atoms with van der Waals surface area (Å²) >= 11 is 10.5. The molecule has 3 aromatic rings. The molecule has 0 atom stereocenters. The van der Waals surface area contributed by atoms with E-state index in [1.54, 1.807) is 42.5 Å². The molecule has 1 saturated heterocycles. The first-order chi connectivity index (χ1) is 16.8. The molecule has 1 aliphatic rings. The molecule has 0 spiro atoms. The number of hydrogen-bond acceptors (Lipinski definition) is 5. The number of ether oxygens (including phenoxy) is 1. The van der Waals surface area contributed by atoms with Gasteiger partial charge < -0.3 is 10.1 Å². The Morgan fingerprint density at radius 1 is 1.11 bits per heavy atom. The van der Waals surface area contributed by atoms with E-state index in [4.69, 9.17) is 16.3 Å². The highest BCUT2D eigenvalue weighted by Crippen LogP contribution is 2.34. The van der Waals surface area contributed by atoms with Crippen molar-refractivity contribution in [2.75, 3.05) is 11.9 Å². The van der Waals surface area contributed by atoms with Crippen LogP contribution in [0.1, 0.15) is 16.7 Å². The first-order valence-corrected chi connectivity index (χ1v) is 12.6. The van der Waals surface area contributed by atoms with Gasteiger partial charge >= 0.3 is 0 Å². The van der Waals surface area contributed by atoms with Crippen molar-refractivity contribution >= 4 is 68.1 Å². The molecule has 178 valence electrons. The van der Waals surface area contributed by atoms with Gasteiger partial charge in [-0.1, -0.05) is 54.1 Å². The summed E-state index contributed by atoms with van der Waals surface area (Å²) < 4.78 is 6.54. The minimum absolute atomic E-state index is 0.246. The van der Waals surface area contributed by atoms with E-state index in [0.29, 0.717) is 33.1 Å². The molecule has 35 heavy (non-hydrogen) atoms. The molecule has 0 saturated carbocycles. The summed E-state index contributed by atoms with van der Waals surface area (Å²) in [6.07, 6.45) is 1.62. The van der Waals surface area contributed by atoms with Crippen LogP contribution < -0.4 is 10.1 Å². The number of imide groups is 1. The van der Waals surface area contributed by atoms with Gasteiger partial charge in [0.05, 0.1) is 9.38 Å².